The second-order valence-electron chi connectivity index (χ2n) is 2.11. The first-order chi connectivity index (χ1) is 5.04. The van der Waals surface area contributed by atoms with Crippen molar-refractivity contribution in [2.75, 3.05) is 26.7 Å². The number of hydrogen-bond donors (Lipinski definition) is 2. The van der Waals surface area contributed by atoms with Gasteiger partial charge in [-0.15, -0.1) is 0 Å². The first-order valence-corrected chi connectivity index (χ1v) is 4.89. The van der Waals surface area contributed by atoms with Gasteiger partial charge >= 0.3 is 0 Å². The maximum Gasteiger partial charge on any atom is 0.279 e. The summed E-state index contributed by atoms with van der Waals surface area (Å²) in [6.07, 6.45) is 0. The lowest BCUT2D eigenvalue weighted by Gasteiger charge is -2.15. The van der Waals surface area contributed by atoms with Crippen molar-refractivity contribution in [2.45, 2.75) is 6.92 Å². The van der Waals surface area contributed by atoms with Gasteiger partial charge in [-0.05, 0) is 0 Å². The molecule has 0 aliphatic carbocycles. The van der Waals surface area contributed by atoms with Crippen molar-refractivity contribution in [1.82, 2.24) is 9.03 Å². The molecule has 0 atom stereocenters. The van der Waals surface area contributed by atoms with Crippen LogP contribution in [0.2, 0.25) is 0 Å². The third-order valence-corrected chi connectivity index (χ3v) is 2.84. The molecule has 68 valence electrons. The molecule has 0 unspecified atom stereocenters. The van der Waals surface area contributed by atoms with Gasteiger partial charge in [-0.25, -0.2) is 4.72 Å². The highest BCUT2D eigenvalue weighted by Crippen LogP contribution is 1.90. The van der Waals surface area contributed by atoms with Crippen LogP contribution in [0.15, 0.2) is 0 Å². The fourth-order valence-electron chi connectivity index (χ4n) is 0.595. The highest BCUT2D eigenvalue weighted by Gasteiger charge is 2.13. The SMILES string of the molecule is CCNS(=O)(=O)N(C)CCN. The highest BCUT2D eigenvalue weighted by molar-refractivity contribution is 7.87. The predicted molar refractivity (Wildman–Crippen MR) is 44.3 cm³/mol. The van der Waals surface area contributed by atoms with Crippen molar-refractivity contribution in [3.05, 3.63) is 0 Å². The van der Waals surface area contributed by atoms with Gasteiger partial charge in [0.2, 0.25) is 0 Å². The van der Waals surface area contributed by atoms with Gasteiger partial charge in [0.25, 0.3) is 10.2 Å². The van der Waals surface area contributed by atoms with E-state index in [2.05, 4.69) is 4.72 Å². The van der Waals surface area contributed by atoms with Crippen LogP contribution in [0.5, 0.6) is 0 Å². The van der Waals surface area contributed by atoms with Crippen LogP contribution < -0.4 is 10.5 Å². The molecule has 0 fully saturated rings. The van der Waals surface area contributed by atoms with Crippen molar-refractivity contribution in [3.8, 4) is 0 Å². The standard InChI is InChI=1S/C5H15N3O2S/c1-3-7-11(9,10)8(2)5-4-6/h7H,3-6H2,1-2H3. The molecule has 0 amide bonds. The van der Waals surface area contributed by atoms with E-state index in [4.69, 9.17) is 5.73 Å². The molecule has 3 N–H and O–H groups in total. The average molecular weight is 181 g/mol. The molecule has 0 aromatic rings. The van der Waals surface area contributed by atoms with Crippen molar-refractivity contribution < 1.29 is 8.42 Å². The van der Waals surface area contributed by atoms with E-state index in [-0.39, 0.29) is 0 Å². The first kappa shape index (κ1) is 10.8. The van der Waals surface area contributed by atoms with E-state index >= 15 is 0 Å². The average Bonchev–Trinajstić information content (AvgIpc) is 1.88. The summed E-state index contributed by atoms with van der Waals surface area (Å²) >= 11 is 0. The molecule has 0 radical (unpaired) electrons. The van der Waals surface area contributed by atoms with Crippen LogP contribution in [0.25, 0.3) is 0 Å². The van der Waals surface area contributed by atoms with E-state index in [0.717, 1.165) is 0 Å². The Morgan fingerprint density at radius 2 is 2.09 bits per heavy atom. The van der Waals surface area contributed by atoms with Crippen molar-refractivity contribution >= 4 is 10.2 Å². The van der Waals surface area contributed by atoms with Gasteiger partial charge < -0.3 is 5.73 Å². The molecule has 0 aliphatic rings. The lowest BCUT2D eigenvalue weighted by atomic mass is 10.7. The topological polar surface area (TPSA) is 75.4 Å². The minimum Gasteiger partial charge on any atom is -0.329 e. The first-order valence-electron chi connectivity index (χ1n) is 3.45. The van der Waals surface area contributed by atoms with E-state index in [9.17, 15) is 8.42 Å². The zero-order valence-corrected chi connectivity index (χ0v) is 7.69. The normalized spacial score (nSPS) is 12.4. The Morgan fingerprint density at radius 3 is 2.45 bits per heavy atom. The van der Waals surface area contributed by atoms with E-state index in [1.54, 1.807) is 6.92 Å². The van der Waals surface area contributed by atoms with Crippen LogP contribution in [0.4, 0.5) is 0 Å². The second-order valence-corrected chi connectivity index (χ2v) is 3.98. The number of rotatable bonds is 5. The maximum atomic E-state index is 11.1. The summed E-state index contributed by atoms with van der Waals surface area (Å²) in [5.41, 5.74) is 5.19. The Hall–Kier alpha value is -0.170. The third-order valence-electron chi connectivity index (χ3n) is 1.18. The van der Waals surface area contributed by atoms with Crippen molar-refractivity contribution in [3.63, 3.8) is 0 Å². The van der Waals surface area contributed by atoms with Crippen LogP contribution >= 0.6 is 0 Å². The van der Waals surface area contributed by atoms with E-state index in [0.29, 0.717) is 19.6 Å². The molecule has 0 spiro atoms. The largest absolute Gasteiger partial charge is 0.329 e. The Labute approximate surface area is 67.7 Å². The Bertz CT molecular complexity index is 190. The molecule has 11 heavy (non-hydrogen) atoms. The van der Waals surface area contributed by atoms with Crippen LogP contribution in [-0.2, 0) is 10.2 Å². The van der Waals surface area contributed by atoms with Gasteiger partial charge in [0, 0.05) is 26.7 Å². The summed E-state index contributed by atoms with van der Waals surface area (Å²) in [5, 5.41) is 0. The van der Waals surface area contributed by atoms with Gasteiger partial charge in [-0.3, -0.25) is 0 Å². The van der Waals surface area contributed by atoms with E-state index in [1.807, 2.05) is 0 Å². The third kappa shape index (κ3) is 3.66. The summed E-state index contributed by atoms with van der Waals surface area (Å²) in [6.45, 7) is 2.81. The number of hydrogen-bond acceptors (Lipinski definition) is 3. The van der Waals surface area contributed by atoms with Gasteiger partial charge in [0.15, 0.2) is 0 Å². The highest BCUT2D eigenvalue weighted by atomic mass is 32.2. The lowest BCUT2D eigenvalue weighted by Crippen LogP contribution is -2.40. The fourth-order valence-corrected chi connectivity index (χ4v) is 1.53. The molecule has 0 saturated carbocycles. The molecule has 0 aromatic carbocycles. The van der Waals surface area contributed by atoms with Gasteiger partial charge in [0.1, 0.15) is 0 Å². The molecule has 0 heterocycles. The maximum absolute atomic E-state index is 11.1. The number of likely N-dealkylation sites (N-methyl/N-ethyl adjacent to an activating group) is 1. The Balaban J connectivity index is 4.07. The molecule has 0 aromatic heterocycles. The van der Waals surface area contributed by atoms with E-state index in [1.165, 1.54) is 11.4 Å². The van der Waals surface area contributed by atoms with Crippen LogP contribution in [-0.4, -0.2) is 39.4 Å². The second kappa shape index (κ2) is 4.66. The van der Waals surface area contributed by atoms with E-state index < -0.39 is 10.2 Å². The summed E-state index contributed by atoms with van der Waals surface area (Å²) in [6, 6.07) is 0. The van der Waals surface area contributed by atoms with Crippen LogP contribution in [0.1, 0.15) is 6.92 Å². The van der Waals surface area contributed by atoms with Crippen molar-refractivity contribution in [2.24, 2.45) is 5.73 Å². The molecule has 6 heteroatoms. The number of nitrogens with one attached hydrogen (secondary N) is 1. The molecule has 0 aliphatic heterocycles. The van der Waals surface area contributed by atoms with Gasteiger partial charge in [-0.2, -0.15) is 12.7 Å². The minimum atomic E-state index is -3.27. The quantitative estimate of drug-likeness (QED) is 0.555. The zero-order valence-electron chi connectivity index (χ0n) is 6.87. The van der Waals surface area contributed by atoms with Crippen LogP contribution in [0.3, 0.4) is 0 Å². The predicted octanol–water partition coefficient (Wildman–Crippen LogP) is -1.27. The number of nitrogens with two attached hydrogens (primary N) is 1. The molecule has 0 rings (SSSR count). The van der Waals surface area contributed by atoms with Gasteiger partial charge in [-0.1, -0.05) is 6.92 Å². The summed E-state index contributed by atoms with van der Waals surface area (Å²) in [7, 11) is -1.78. The summed E-state index contributed by atoms with van der Waals surface area (Å²) < 4.78 is 25.7. The molecular weight excluding hydrogens is 166 g/mol. The van der Waals surface area contributed by atoms with Gasteiger partial charge in [0.05, 0.1) is 0 Å². The fraction of sp³-hybridized carbons (Fsp3) is 1.00. The summed E-state index contributed by atoms with van der Waals surface area (Å²) in [5.74, 6) is 0. The summed E-state index contributed by atoms with van der Waals surface area (Å²) in [4.78, 5) is 0. The minimum absolute atomic E-state index is 0.334. The lowest BCUT2D eigenvalue weighted by molar-refractivity contribution is 0.466. The molecule has 5 nitrogen and oxygen atoms in total. The monoisotopic (exact) mass is 181 g/mol. The number of nitrogens with zero attached hydrogens (tertiary/aromatic N) is 1. The molecule has 0 bridgehead atoms. The Morgan fingerprint density at radius 1 is 1.55 bits per heavy atom. The van der Waals surface area contributed by atoms with Crippen LogP contribution in [0, 0.1) is 0 Å². The molecule has 0 saturated heterocycles. The smallest absolute Gasteiger partial charge is 0.279 e. The van der Waals surface area contributed by atoms with Crippen molar-refractivity contribution in [1.29, 1.82) is 0 Å². The Kier molecular flexibility index (Phi) is 4.58. The zero-order chi connectivity index (χ0) is 8.91. The molecular formula is C5H15N3O2S.